The maximum absolute atomic E-state index is 12.0. The fourth-order valence-electron chi connectivity index (χ4n) is 1.70. The van der Waals surface area contributed by atoms with Crippen LogP contribution in [0.3, 0.4) is 0 Å². The molecule has 2 rings (SSSR count). The monoisotopic (exact) mass is 359 g/mol. The van der Waals surface area contributed by atoms with E-state index >= 15 is 0 Å². The van der Waals surface area contributed by atoms with Gasteiger partial charge in [-0.15, -0.1) is 5.10 Å². The zero-order valence-corrected chi connectivity index (χ0v) is 13.1. The van der Waals surface area contributed by atoms with Gasteiger partial charge in [-0.05, 0) is 29.8 Å². The number of ether oxygens (including phenoxy) is 1. The number of esters is 1. The zero-order chi connectivity index (χ0) is 14.9. The van der Waals surface area contributed by atoms with Gasteiger partial charge in [-0.3, -0.25) is 4.79 Å². The van der Waals surface area contributed by atoms with Crippen molar-refractivity contribution in [3.8, 4) is 5.69 Å². The van der Waals surface area contributed by atoms with Crippen LogP contribution < -0.4 is 5.69 Å². The van der Waals surface area contributed by atoms with E-state index in [1.54, 1.807) is 18.2 Å². The lowest BCUT2D eigenvalue weighted by atomic mass is 10.2. The van der Waals surface area contributed by atoms with Crippen LogP contribution in [0.4, 0.5) is 0 Å². The molecular formula is C12H11BrClN3O3. The second-order valence-electron chi connectivity index (χ2n) is 4.06. The summed E-state index contributed by atoms with van der Waals surface area (Å²) in [7, 11) is 1.51. The Morgan fingerprint density at radius 3 is 2.75 bits per heavy atom. The third kappa shape index (κ3) is 2.94. The number of rotatable bonds is 3. The molecule has 0 spiro atoms. The van der Waals surface area contributed by atoms with Crippen molar-refractivity contribution in [3.05, 3.63) is 44.0 Å². The van der Waals surface area contributed by atoms with Crippen LogP contribution in [0.2, 0.25) is 5.28 Å². The maximum atomic E-state index is 12.0. The molecule has 0 atom stereocenters. The molecule has 0 N–H and O–H groups in total. The molecule has 2 aromatic rings. The van der Waals surface area contributed by atoms with E-state index in [-0.39, 0.29) is 17.6 Å². The average Bonchev–Trinajstić information content (AvgIpc) is 2.62. The quantitative estimate of drug-likeness (QED) is 0.786. The highest BCUT2D eigenvalue weighted by Crippen LogP contribution is 2.22. The summed E-state index contributed by atoms with van der Waals surface area (Å²) < 4.78 is 8.18. The van der Waals surface area contributed by atoms with Gasteiger partial charge in [0.2, 0.25) is 5.28 Å². The van der Waals surface area contributed by atoms with Gasteiger partial charge in [0.05, 0.1) is 5.69 Å². The molecule has 0 unspecified atom stereocenters. The largest absolute Gasteiger partial charge is 0.461 e. The highest BCUT2D eigenvalue weighted by atomic mass is 79.9. The second kappa shape index (κ2) is 5.80. The van der Waals surface area contributed by atoms with E-state index in [0.29, 0.717) is 11.3 Å². The van der Waals surface area contributed by atoms with E-state index in [0.717, 1.165) is 9.15 Å². The van der Waals surface area contributed by atoms with Crippen molar-refractivity contribution >= 4 is 33.5 Å². The summed E-state index contributed by atoms with van der Waals surface area (Å²) in [5.74, 6) is -0.402. The van der Waals surface area contributed by atoms with Crippen LogP contribution in [0.5, 0.6) is 0 Å². The number of hydrogen-bond acceptors (Lipinski definition) is 4. The Morgan fingerprint density at radius 1 is 1.50 bits per heavy atom. The number of carbonyl (C=O) groups excluding carboxylic acids is 1. The molecule has 0 amide bonds. The number of carbonyl (C=O) groups is 1. The maximum Gasteiger partial charge on any atom is 0.351 e. The summed E-state index contributed by atoms with van der Waals surface area (Å²) in [5, 5.41) is 3.90. The van der Waals surface area contributed by atoms with Gasteiger partial charge < -0.3 is 4.74 Å². The SMILES string of the molecule is CC(=O)OCc1cc(Br)ccc1-n1c(Cl)nn(C)c1=O. The molecular weight excluding hydrogens is 350 g/mol. The van der Waals surface area contributed by atoms with Crippen molar-refractivity contribution in [1.82, 2.24) is 14.3 Å². The van der Waals surface area contributed by atoms with Gasteiger partial charge in [0.25, 0.3) is 0 Å². The third-order valence-corrected chi connectivity index (χ3v) is 3.34. The summed E-state index contributed by atoms with van der Waals surface area (Å²) >= 11 is 9.31. The first-order valence-corrected chi connectivity index (χ1v) is 6.81. The first-order chi connectivity index (χ1) is 9.40. The van der Waals surface area contributed by atoms with E-state index in [4.69, 9.17) is 16.3 Å². The molecule has 0 saturated carbocycles. The summed E-state index contributed by atoms with van der Waals surface area (Å²) in [4.78, 5) is 23.0. The first-order valence-electron chi connectivity index (χ1n) is 5.64. The van der Waals surface area contributed by atoms with Crippen LogP contribution in [0.1, 0.15) is 12.5 Å². The van der Waals surface area contributed by atoms with Gasteiger partial charge in [-0.1, -0.05) is 15.9 Å². The first kappa shape index (κ1) is 14.8. The lowest BCUT2D eigenvalue weighted by molar-refractivity contribution is -0.142. The Morgan fingerprint density at radius 2 is 2.20 bits per heavy atom. The Balaban J connectivity index is 2.55. The Kier molecular flexibility index (Phi) is 4.29. The fraction of sp³-hybridized carbons (Fsp3) is 0.250. The number of hydrogen-bond donors (Lipinski definition) is 0. The highest BCUT2D eigenvalue weighted by Gasteiger charge is 2.15. The van der Waals surface area contributed by atoms with Crippen molar-refractivity contribution < 1.29 is 9.53 Å². The number of benzene rings is 1. The lowest BCUT2D eigenvalue weighted by Gasteiger charge is -2.10. The van der Waals surface area contributed by atoms with Crippen LogP contribution in [-0.4, -0.2) is 20.3 Å². The number of halogens is 2. The van der Waals surface area contributed by atoms with Crippen molar-refractivity contribution in [2.45, 2.75) is 13.5 Å². The molecule has 0 aliphatic rings. The van der Waals surface area contributed by atoms with Crippen LogP contribution in [0.25, 0.3) is 5.69 Å². The van der Waals surface area contributed by atoms with E-state index in [9.17, 15) is 9.59 Å². The third-order valence-electron chi connectivity index (χ3n) is 2.60. The number of aryl methyl sites for hydroxylation is 1. The Labute approximate surface area is 128 Å². The molecule has 1 heterocycles. The molecule has 0 radical (unpaired) electrons. The minimum absolute atomic E-state index is 0.0434. The van der Waals surface area contributed by atoms with E-state index in [1.807, 2.05) is 0 Å². The van der Waals surface area contributed by atoms with Crippen molar-refractivity contribution in [2.24, 2.45) is 7.05 Å². The Hall–Kier alpha value is -1.60. The molecule has 1 aromatic heterocycles. The summed E-state index contributed by atoms with van der Waals surface area (Å²) in [5.41, 5.74) is 0.797. The predicted octanol–water partition coefficient (Wildman–Crippen LogP) is 2.05. The summed E-state index contributed by atoms with van der Waals surface area (Å²) in [6.45, 7) is 1.36. The average molecular weight is 361 g/mol. The molecule has 0 aliphatic heterocycles. The summed E-state index contributed by atoms with van der Waals surface area (Å²) in [6.07, 6.45) is 0. The van der Waals surface area contributed by atoms with Crippen molar-refractivity contribution in [2.75, 3.05) is 0 Å². The molecule has 1 aromatic carbocycles. The van der Waals surface area contributed by atoms with E-state index in [1.165, 1.54) is 18.5 Å². The van der Waals surface area contributed by atoms with Crippen molar-refractivity contribution in [1.29, 1.82) is 0 Å². The fourth-order valence-corrected chi connectivity index (χ4v) is 2.39. The molecule has 8 heteroatoms. The van der Waals surface area contributed by atoms with Crippen LogP contribution in [0, 0.1) is 0 Å². The van der Waals surface area contributed by atoms with Gasteiger partial charge in [0, 0.05) is 24.0 Å². The van der Waals surface area contributed by atoms with E-state index < -0.39 is 5.97 Å². The van der Waals surface area contributed by atoms with Gasteiger partial charge in [0.1, 0.15) is 6.61 Å². The highest BCUT2D eigenvalue weighted by molar-refractivity contribution is 9.10. The molecule has 0 bridgehead atoms. The molecule has 20 heavy (non-hydrogen) atoms. The zero-order valence-electron chi connectivity index (χ0n) is 10.8. The minimum Gasteiger partial charge on any atom is -0.461 e. The molecule has 0 saturated heterocycles. The van der Waals surface area contributed by atoms with E-state index in [2.05, 4.69) is 21.0 Å². The van der Waals surface area contributed by atoms with Gasteiger partial charge in [-0.25, -0.2) is 14.0 Å². The predicted molar refractivity (Wildman–Crippen MR) is 77.0 cm³/mol. The van der Waals surface area contributed by atoms with Gasteiger partial charge in [-0.2, -0.15) is 0 Å². The standard InChI is InChI=1S/C12H11BrClN3O3/c1-7(18)20-6-8-5-9(13)3-4-10(8)17-11(14)15-16(2)12(17)19/h3-5H,6H2,1-2H3. The topological polar surface area (TPSA) is 66.1 Å². The summed E-state index contributed by atoms with van der Waals surface area (Å²) in [6, 6.07) is 5.23. The Bertz CT molecular complexity index is 723. The second-order valence-corrected chi connectivity index (χ2v) is 5.32. The minimum atomic E-state index is -0.402. The smallest absolute Gasteiger partial charge is 0.351 e. The molecule has 106 valence electrons. The van der Waals surface area contributed by atoms with Crippen LogP contribution >= 0.6 is 27.5 Å². The lowest BCUT2D eigenvalue weighted by Crippen LogP contribution is -2.22. The molecule has 6 nitrogen and oxygen atoms in total. The van der Waals surface area contributed by atoms with Crippen LogP contribution in [0.15, 0.2) is 27.5 Å². The molecule has 0 aliphatic carbocycles. The molecule has 0 fully saturated rings. The normalized spacial score (nSPS) is 10.6. The van der Waals surface area contributed by atoms with Gasteiger partial charge >= 0.3 is 11.7 Å². The van der Waals surface area contributed by atoms with Crippen molar-refractivity contribution in [3.63, 3.8) is 0 Å². The van der Waals surface area contributed by atoms with Gasteiger partial charge in [0.15, 0.2) is 0 Å². The number of nitrogens with zero attached hydrogens (tertiary/aromatic N) is 3. The van der Waals surface area contributed by atoms with Crippen LogP contribution in [-0.2, 0) is 23.2 Å². The number of aromatic nitrogens is 3.